The molecular weight excluding hydrogens is 275 g/mol. The first kappa shape index (κ1) is 12.9. The third-order valence-corrected chi connectivity index (χ3v) is 3.82. The number of aliphatic imine (C=N–C) groups is 1. The van der Waals surface area contributed by atoms with E-state index < -0.39 is 0 Å². The highest BCUT2D eigenvalue weighted by Crippen LogP contribution is 2.20. The van der Waals surface area contributed by atoms with Gasteiger partial charge in [0, 0.05) is 19.0 Å². The van der Waals surface area contributed by atoms with Gasteiger partial charge in [-0.1, -0.05) is 23.9 Å². The predicted octanol–water partition coefficient (Wildman–Crippen LogP) is 2.89. The second-order valence-corrected chi connectivity index (χ2v) is 5.30. The van der Waals surface area contributed by atoms with Crippen molar-refractivity contribution in [3.05, 3.63) is 54.1 Å². The standard InChI is InChI=1S/C14H13FN4S/c1-19-8-4-7-13(19)12-9-20-14(18-17-12)16-11-6-3-2-5-10(11)15/h2-8H,9H2,1H3,(H,16,18). The maximum Gasteiger partial charge on any atom is 0.182 e. The summed E-state index contributed by atoms with van der Waals surface area (Å²) in [4.78, 5) is 4.24. The number of para-hydroxylation sites is 1. The van der Waals surface area contributed by atoms with E-state index in [1.807, 2.05) is 29.9 Å². The van der Waals surface area contributed by atoms with Gasteiger partial charge in [0.25, 0.3) is 0 Å². The minimum atomic E-state index is -0.334. The van der Waals surface area contributed by atoms with Gasteiger partial charge in [-0.2, -0.15) is 5.10 Å². The highest BCUT2D eigenvalue weighted by atomic mass is 32.2. The molecule has 0 fully saturated rings. The molecule has 0 saturated heterocycles. The van der Waals surface area contributed by atoms with Crippen LogP contribution in [0.3, 0.4) is 0 Å². The van der Waals surface area contributed by atoms with Crippen LogP contribution in [-0.4, -0.2) is 21.2 Å². The average Bonchev–Trinajstić information content (AvgIpc) is 2.89. The minimum absolute atomic E-state index is 0.319. The van der Waals surface area contributed by atoms with Gasteiger partial charge in [-0.15, -0.1) is 0 Å². The van der Waals surface area contributed by atoms with Crippen molar-refractivity contribution in [3.63, 3.8) is 0 Å². The van der Waals surface area contributed by atoms with E-state index in [2.05, 4.69) is 15.5 Å². The van der Waals surface area contributed by atoms with Crippen LogP contribution >= 0.6 is 11.8 Å². The molecule has 6 heteroatoms. The lowest BCUT2D eigenvalue weighted by Gasteiger charge is -2.15. The molecule has 0 aliphatic carbocycles. The first-order valence-corrected chi connectivity index (χ1v) is 7.13. The number of hydrogen-bond acceptors (Lipinski definition) is 3. The Balaban J connectivity index is 1.80. The molecule has 0 radical (unpaired) electrons. The average molecular weight is 288 g/mol. The molecule has 0 unspecified atom stereocenters. The molecule has 0 bridgehead atoms. The zero-order valence-corrected chi connectivity index (χ0v) is 11.7. The van der Waals surface area contributed by atoms with Gasteiger partial charge in [-0.25, -0.2) is 9.38 Å². The molecule has 0 saturated carbocycles. The third kappa shape index (κ3) is 2.60. The lowest BCUT2D eigenvalue weighted by molar-refractivity contribution is 0.630. The molecule has 102 valence electrons. The highest BCUT2D eigenvalue weighted by molar-refractivity contribution is 8.14. The number of benzene rings is 1. The van der Waals surface area contributed by atoms with Gasteiger partial charge >= 0.3 is 0 Å². The Morgan fingerprint density at radius 3 is 2.80 bits per heavy atom. The van der Waals surface area contributed by atoms with Crippen LogP contribution in [0, 0.1) is 5.82 Å². The van der Waals surface area contributed by atoms with Gasteiger partial charge in [0.05, 0.1) is 11.4 Å². The van der Waals surface area contributed by atoms with Gasteiger partial charge in [0.15, 0.2) is 5.17 Å². The van der Waals surface area contributed by atoms with Crippen molar-refractivity contribution in [2.24, 2.45) is 17.1 Å². The van der Waals surface area contributed by atoms with E-state index in [9.17, 15) is 4.39 Å². The number of hydrogen-bond donors (Lipinski definition) is 1. The van der Waals surface area contributed by atoms with Gasteiger partial charge in [0.2, 0.25) is 0 Å². The molecule has 1 aromatic heterocycles. The quantitative estimate of drug-likeness (QED) is 0.923. The Morgan fingerprint density at radius 2 is 2.15 bits per heavy atom. The fourth-order valence-corrected chi connectivity index (χ4v) is 2.68. The van der Waals surface area contributed by atoms with E-state index in [0.29, 0.717) is 16.6 Å². The summed E-state index contributed by atoms with van der Waals surface area (Å²) in [5.74, 6) is 0.373. The molecule has 3 rings (SSSR count). The molecular formula is C14H13FN4S. The van der Waals surface area contributed by atoms with Crippen molar-refractivity contribution in [2.75, 3.05) is 5.75 Å². The molecule has 0 atom stereocenters. The summed E-state index contributed by atoms with van der Waals surface area (Å²) >= 11 is 1.51. The molecule has 1 N–H and O–H groups in total. The van der Waals surface area contributed by atoms with Crippen molar-refractivity contribution in [1.82, 2.24) is 9.99 Å². The Labute approximate surface area is 120 Å². The fraction of sp³-hybridized carbons (Fsp3) is 0.143. The normalized spacial score (nSPS) is 16.9. The molecule has 2 heterocycles. The van der Waals surface area contributed by atoms with Gasteiger partial charge in [0.1, 0.15) is 11.5 Å². The Hall–Kier alpha value is -2.08. The topological polar surface area (TPSA) is 41.7 Å². The number of aromatic nitrogens is 1. The van der Waals surface area contributed by atoms with E-state index in [1.54, 1.807) is 18.2 Å². The summed E-state index contributed by atoms with van der Waals surface area (Å²) in [5.41, 5.74) is 5.22. The molecule has 4 nitrogen and oxygen atoms in total. The number of thioether (sulfide) groups is 1. The Kier molecular flexibility index (Phi) is 3.56. The molecule has 20 heavy (non-hydrogen) atoms. The SMILES string of the molecule is Cn1cccc1C1=NNC(=Nc2ccccc2F)SC1. The Morgan fingerprint density at radius 1 is 1.30 bits per heavy atom. The van der Waals surface area contributed by atoms with Gasteiger partial charge in [-0.05, 0) is 24.3 Å². The number of nitrogens with zero attached hydrogens (tertiary/aromatic N) is 3. The molecule has 1 aromatic carbocycles. The maximum absolute atomic E-state index is 13.5. The first-order chi connectivity index (χ1) is 9.74. The molecule has 0 spiro atoms. The lowest BCUT2D eigenvalue weighted by Crippen LogP contribution is -2.26. The number of rotatable bonds is 2. The van der Waals surface area contributed by atoms with Crippen LogP contribution in [0.2, 0.25) is 0 Å². The number of amidine groups is 1. The minimum Gasteiger partial charge on any atom is -0.350 e. The summed E-state index contributed by atoms with van der Waals surface area (Å²) < 4.78 is 15.5. The van der Waals surface area contributed by atoms with Crippen molar-refractivity contribution < 1.29 is 4.39 Å². The lowest BCUT2D eigenvalue weighted by atomic mass is 10.3. The van der Waals surface area contributed by atoms with Crippen molar-refractivity contribution in [3.8, 4) is 0 Å². The predicted molar refractivity (Wildman–Crippen MR) is 81.0 cm³/mol. The second kappa shape index (κ2) is 5.50. The van der Waals surface area contributed by atoms with Crippen molar-refractivity contribution in [2.45, 2.75) is 0 Å². The molecule has 1 aliphatic rings. The summed E-state index contributed by atoms with van der Waals surface area (Å²) in [5, 5.41) is 4.92. The Bertz CT molecular complexity index is 690. The fourth-order valence-electron chi connectivity index (χ4n) is 1.92. The third-order valence-electron chi connectivity index (χ3n) is 2.95. The number of nitrogens with one attached hydrogen (secondary N) is 1. The molecule has 2 aromatic rings. The molecule has 1 aliphatic heterocycles. The van der Waals surface area contributed by atoms with E-state index in [-0.39, 0.29) is 5.82 Å². The number of aryl methyl sites for hydroxylation is 1. The van der Waals surface area contributed by atoms with Gasteiger partial charge < -0.3 is 4.57 Å². The smallest absolute Gasteiger partial charge is 0.182 e. The van der Waals surface area contributed by atoms with Gasteiger partial charge in [-0.3, -0.25) is 5.43 Å². The summed E-state index contributed by atoms with van der Waals surface area (Å²) in [6.07, 6.45) is 1.98. The zero-order chi connectivity index (χ0) is 13.9. The van der Waals surface area contributed by atoms with Crippen LogP contribution in [0.4, 0.5) is 10.1 Å². The summed E-state index contributed by atoms with van der Waals surface area (Å²) in [7, 11) is 1.98. The van der Waals surface area contributed by atoms with Crippen LogP contribution in [0.25, 0.3) is 0 Å². The monoisotopic (exact) mass is 288 g/mol. The zero-order valence-electron chi connectivity index (χ0n) is 10.9. The van der Waals surface area contributed by atoms with E-state index in [0.717, 1.165) is 11.4 Å². The van der Waals surface area contributed by atoms with Crippen molar-refractivity contribution in [1.29, 1.82) is 0 Å². The van der Waals surface area contributed by atoms with E-state index >= 15 is 0 Å². The second-order valence-electron chi connectivity index (χ2n) is 4.33. The van der Waals surface area contributed by atoms with Crippen LogP contribution in [-0.2, 0) is 7.05 Å². The number of halogens is 1. The van der Waals surface area contributed by atoms with Crippen LogP contribution in [0.1, 0.15) is 5.69 Å². The maximum atomic E-state index is 13.5. The summed E-state index contributed by atoms with van der Waals surface area (Å²) in [6, 6.07) is 10.4. The first-order valence-electron chi connectivity index (χ1n) is 6.14. The summed E-state index contributed by atoms with van der Waals surface area (Å²) in [6.45, 7) is 0. The van der Waals surface area contributed by atoms with Crippen LogP contribution in [0.5, 0.6) is 0 Å². The number of hydrazone groups is 1. The highest BCUT2D eigenvalue weighted by Gasteiger charge is 2.15. The largest absolute Gasteiger partial charge is 0.350 e. The van der Waals surface area contributed by atoms with Crippen molar-refractivity contribution >= 4 is 28.3 Å². The van der Waals surface area contributed by atoms with E-state index in [1.165, 1.54) is 17.8 Å². The molecule has 0 amide bonds. The van der Waals surface area contributed by atoms with E-state index in [4.69, 9.17) is 0 Å². The van der Waals surface area contributed by atoms with Crippen LogP contribution < -0.4 is 5.43 Å². The van der Waals surface area contributed by atoms with Crippen LogP contribution in [0.15, 0.2) is 52.7 Å².